The Morgan fingerprint density at radius 1 is 0.750 bits per heavy atom. The predicted octanol–water partition coefficient (Wildman–Crippen LogP) is 7.27. The van der Waals surface area contributed by atoms with Crippen molar-refractivity contribution in [2.75, 3.05) is 27.4 Å². The second-order valence-electron chi connectivity index (χ2n) is 11.8. The molecule has 0 saturated heterocycles. The highest BCUT2D eigenvalue weighted by Crippen LogP contribution is 2.47. The van der Waals surface area contributed by atoms with Gasteiger partial charge in [0.25, 0.3) is 0 Å². The van der Waals surface area contributed by atoms with Crippen LogP contribution in [0.4, 0.5) is 0 Å². The Morgan fingerprint density at radius 2 is 1.46 bits per heavy atom. The van der Waals surface area contributed by atoms with Crippen molar-refractivity contribution in [3.05, 3.63) is 142 Å². The van der Waals surface area contributed by atoms with Crippen LogP contribution in [0.25, 0.3) is 0 Å². The van der Waals surface area contributed by atoms with Gasteiger partial charge in [0.1, 0.15) is 31.3 Å². The Kier molecular flexibility index (Phi) is 10.1. The molecule has 8 nitrogen and oxygen atoms in total. The summed E-state index contributed by atoms with van der Waals surface area (Å²) in [7, 11) is 3.21. The zero-order chi connectivity index (χ0) is 33.5. The highest BCUT2D eigenvalue weighted by molar-refractivity contribution is 6.04. The van der Waals surface area contributed by atoms with Crippen LogP contribution in [0.15, 0.2) is 126 Å². The molecule has 4 aromatic rings. The molecule has 1 heterocycles. The van der Waals surface area contributed by atoms with Gasteiger partial charge in [-0.05, 0) is 72.4 Å². The number of carbonyl (C=O) groups is 2. The first kappa shape index (κ1) is 32.4. The van der Waals surface area contributed by atoms with Gasteiger partial charge in [0, 0.05) is 29.3 Å². The molecule has 1 aliphatic heterocycles. The Hall–Kier alpha value is -5.50. The van der Waals surface area contributed by atoms with Crippen LogP contribution in [0, 0.1) is 0 Å². The molecule has 0 spiro atoms. The molecule has 0 unspecified atom stereocenters. The van der Waals surface area contributed by atoms with E-state index in [1.165, 1.54) is 0 Å². The molecule has 246 valence electrons. The van der Waals surface area contributed by atoms with E-state index in [2.05, 4.69) is 5.32 Å². The van der Waals surface area contributed by atoms with Crippen LogP contribution in [-0.4, -0.2) is 39.2 Å². The Morgan fingerprint density at radius 3 is 2.17 bits per heavy atom. The van der Waals surface area contributed by atoms with Crippen molar-refractivity contribution in [2.24, 2.45) is 0 Å². The van der Waals surface area contributed by atoms with Crippen molar-refractivity contribution >= 4 is 11.8 Å². The summed E-state index contributed by atoms with van der Waals surface area (Å²) in [5, 5.41) is 3.42. The Balaban J connectivity index is 1.30. The largest absolute Gasteiger partial charge is 0.497 e. The number of para-hydroxylation sites is 1. The number of esters is 1. The van der Waals surface area contributed by atoms with E-state index in [1.54, 1.807) is 14.2 Å². The first-order chi connectivity index (χ1) is 23.4. The van der Waals surface area contributed by atoms with Gasteiger partial charge in [0.2, 0.25) is 0 Å². The summed E-state index contributed by atoms with van der Waals surface area (Å²) >= 11 is 0. The van der Waals surface area contributed by atoms with E-state index in [4.69, 9.17) is 23.7 Å². The number of hydrogen-bond donors (Lipinski definition) is 1. The van der Waals surface area contributed by atoms with E-state index in [9.17, 15) is 9.59 Å². The topological polar surface area (TPSA) is 92.3 Å². The number of rotatable bonds is 12. The van der Waals surface area contributed by atoms with Gasteiger partial charge in [0.05, 0.1) is 19.8 Å². The van der Waals surface area contributed by atoms with Crippen molar-refractivity contribution in [1.82, 2.24) is 5.32 Å². The SMILES string of the molecule is COc1ccc([C@@H]2CC(=O)C3=C(C2)NC(C)=C(C(=O)OCCOc2ccccc2)[C@@H]3c2ccc(OCc3ccccc3)c(OC)c2)cc1. The summed E-state index contributed by atoms with van der Waals surface area (Å²) in [6, 6.07) is 32.6. The minimum Gasteiger partial charge on any atom is -0.497 e. The monoisotopic (exact) mass is 645 g/mol. The molecule has 2 atom stereocenters. The van der Waals surface area contributed by atoms with E-state index >= 15 is 0 Å². The molecular weight excluding hydrogens is 606 g/mol. The number of hydrogen-bond acceptors (Lipinski definition) is 8. The van der Waals surface area contributed by atoms with Crippen molar-refractivity contribution in [2.45, 2.75) is 38.2 Å². The zero-order valence-corrected chi connectivity index (χ0v) is 27.4. The van der Waals surface area contributed by atoms with Crippen molar-refractivity contribution in [3.63, 3.8) is 0 Å². The summed E-state index contributed by atoms with van der Waals surface area (Å²) in [5.41, 5.74) is 5.21. The number of benzene rings is 4. The van der Waals surface area contributed by atoms with Crippen LogP contribution in [0.1, 0.15) is 48.3 Å². The first-order valence-corrected chi connectivity index (χ1v) is 16.0. The van der Waals surface area contributed by atoms with Crippen LogP contribution in [0.2, 0.25) is 0 Å². The van der Waals surface area contributed by atoms with Crippen LogP contribution >= 0.6 is 0 Å². The van der Waals surface area contributed by atoms with E-state index in [1.807, 2.05) is 110 Å². The lowest BCUT2D eigenvalue weighted by molar-refractivity contribution is -0.140. The van der Waals surface area contributed by atoms with E-state index < -0.39 is 11.9 Å². The smallest absolute Gasteiger partial charge is 0.336 e. The lowest BCUT2D eigenvalue weighted by atomic mass is 9.71. The van der Waals surface area contributed by atoms with Crippen LogP contribution in [0.5, 0.6) is 23.0 Å². The summed E-state index contributed by atoms with van der Waals surface area (Å²) in [4.78, 5) is 28.0. The fourth-order valence-corrected chi connectivity index (χ4v) is 6.36. The standard InChI is InChI=1S/C40H39NO7/c1-26-37(40(43)47-21-20-46-32-12-8-5-9-13-32)38(29-16-19-35(36(24-29)45-3)48-25-27-10-6-4-7-11-27)39-33(41-26)22-30(23-34(39)42)28-14-17-31(44-2)18-15-28/h4-19,24,30,38,41H,20-23,25H2,1-3H3/t30-,38-/m0/s1. The summed E-state index contributed by atoms with van der Waals surface area (Å²) in [6.07, 6.45) is 0.926. The van der Waals surface area contributed by atoms with Crippen molar-refractivity contribution < 1.29 is 33.3 Å². The average Bonchev–Trinajstić information content (AvgIpc) is 3.12. The summed E-state index contributed by atoms with van der Waals surface area (Å²) in [6.45, 7) is 2.46. The van der Waals surface area contributed by atoms with Gasteiger partial charge in [-0.25, -0.2) is 4.79 Å². The number of dihydropyridines is 1. The van der Waals surface area contributed by atoms with Crippen LogP contribution in [-0.2, 0) is 20.9 Å². The third-order valence-corrected chi connectivity index (χ3v) is 8.72. The molecule has 8 heteroatoms. The first-order valence-electron chi connectivity index (χ1n) is 16.0. The van der Waals surface area contributed by atoms with E-state index in [0.717, 1.165) is 28.1 Å². The molecule has 1 N–H and O–H groups in total. The van der Waals surface area contributed by atoms with Gasteiger partial charge >= 0.3 is 5.97 Å². The fraction of sp³-hybridized carbons (Fsp3) is 0.250. The summed E-state index contributed by atoms with van der Waals surface area (Å²) in [5.74, 6) is 1.30. The fourth-order valence-electron chi connectivity index (χ4n) is 6.36. The van der Waals surface area contributed by atoms with Gasteiger partial charge in [-0.3, -0.25) is 4.79 Å². The number of nitrogens with one attached hydrogen (secondary N) is 1. The third-order valence-electron chi connectivity index (χ3n) is 8.72. The Labute approximate surface area is 280 Å². The molecule has 1 aliphatic carbocycles. The van der Waals surface area contributed by atoms with E-state index in [0.29, 0.717) is 53.5 Å². The molecule has 2 aliphatic rings. The van der Waals surface area contributed by atoms with E-state index in [-0.39, 0.29) is 24.9 Å². The molecule has 0 fully saturated rings. The normalized spacial score (nSPS) is 17.3. The maximum absolute atomic E-state index is 14.1. The van der Waals surface area contributed by atoms with Crippen LogP contribution in [0.3, 0.4) is 0 Å². The zero-order valence-electron chi connectivity index (χ0n) is 27.4. The molecule has 0 bridgehead atoms. The number of ketones is 1. The van der Waals surface area contributed by atoms with Gasteiger partial charge in [0.15, 0.2) is 17.3 Å². The minimum atomic E-state index is -0.662. The highest BCUT2D eigenvalue weighted by atomic mass is 16.6. The van der Waals surface area contributed by atoms with Gasteiger partial charge < -0.3 is 29.0 Å². The quantitative estimate of drug-likeness (QED) is 0.127. The number of Topliss-reactive ketones (excluding diaryl/α,β-unsaturated/α-hetero) is 1. The number of ether oxygens (including phenoxy) is 5. The molecular formula is C40H39NO7. The molecule has 6 rings (SSSR count). The van der Waals surface area contributed by atoms with Gasteiger partial charge in [-0.1, -0.05) is 66.7 Å². The predicted molar refractivity (Wildman–Crippen MR) is 182 cm³/mol. The molecule has 0 amide bonds. The number of allylic oxidation sites excluding steroid dienone is 3. The third kappa shape index (κ3) is 7.23. The molecule has 0 radical (unpaired) electrons. The molecule has 0 saturated carbocycles. The molecule has 4 aromatic carbocycles. The van der Waals surface area contributed by atoms with Gasteiger partial charge in [-0.15, -0.1) is 0 Å². The second kappa shape index (κ2) is 14.9. The van der Waals surface area contributed by atoms with Crippen LogP contribution < -0.4 is 24.3 Å². The minimum absolute atomic E-state index is 0.0185. The van der Waals surface area contributed by atoms with Crippen molar-refractivity contribution in [3.8, 4) is 23.0 Å². The average molecular weight is 646 g/mol. The number of carbonyl (C=O) groups excluding carboxylic acids is 2. The second-order valence-corrected chi connectivity index (χ2v) is 11.8. The molecule has 48 heavy (non-hydrogen) atoms. The van der Waals surface area contributed by atoms with Crippen molar-refractivity contribution in [1.29, 1.82) is 0 Å². The lowest BCUT2D eigenvalue weighted by Crippen LogP contribution is -2.36. The lowest BCUT2D eigenvalue weighted by Gasteiger charge is -2.37. The maximum Gasteiger partial charge on any atom is 0.336 e. The Bertz CT molecular complexity index is 1810. The maximum atomic E-state index is 14.1. The highest BCUT2D eigenvalue weighted by Gasteiger charge is 2.41. The molecule has 0 aromatic heterocycles. The van der Waals surface area contributed by atoms with Gasteiger partial charge in [-0.2, -0.15) is 0 Å². The summed E-state index contributed by atoms with van der Waals surface area (Å²) < 4.78 is 28.7. The number of methoxy groups -OCH3 is 2.